The number of hydrogen-bond donors (Lipinski definition) is 2. The second-order valence-corrected chi connectivity index (χ2v) is 7.91. The minimum Gasteiger partial charge on any atom is -0.291 e. The van der Waals surface area contributed by atoms with Gasteiger partial charge in [0.05, 0.1) is 0 Å². The summed E-state index contributed by atoms with van der Waals surface area (Å²) in [4.78, 5) is 10.6. The fraction of sp³-hybridized carbons (Fsp3) is 0.800. The van der Waals surface area contributed by atoms with Crippen molar-refractivity contribution in [2.75, 3.05) is 26.2 Å². The summed E-state index contributed by atoms with van der Waals surface area (Å²) in [6.45, 7) is 6.30. The standard InChI is InChI=1S/C5H13N2OP/c1-9(2,3)4-5(8)7-6/h4,6H2,1-3H3/p+1. The Labute approximate surface area is 56.3 Å². The van der Waals surface area contributed by atoms with Crippen LogP contribution in [0.1, 0.15) is 0 Å². The van der Waals surface area contributed by atoms with E-state index in [-0.39, 0.29) is 5.91 Å². The van der Waals surface area contributed by atoms with Gasteiger partial charge in [0, 0.05) is 27.3 Å². The Balaban J connectivity index is 3.60. The number of carbonyl (C=O) groups excluding carboxylic acids is 1. The molecule has 0 aliphatic rings. The third-order valence-corrected chi connectivity index (χ3v) is 2.01. The maximum atomic E-state index is 10.6. The first-order valence-corrected chi connectivity index (χ1v) is 6.07. The Morgan fingerprint density at radius 2 is 2.00 bits per heavy atom. The van der Waals surface area contributed by atoms with Crippen LogP contribution >= 0.6 is 7.26 Å². The fourth-order valence-electron chi connectivity index (χ4n) is 0.476. The van der Waals surface area contributed by atoms with Crippen LogP contribution in [0.25, 0.3) is 0 Å². The molecule has 0 atom stereocenters. The van der Waals surface area contributed by atoms with Gasteiger partial charge in [-0.3, -0.25) is 10.2 Å². The molecule has 0 rings (SSSR count). The summed E-state index contributed by atoms with van der Waals surface area (Å²) in [7, 11) is -0.980. The Kier molecular flexibility index (Phi) is 3.09. The highest BCUT2D eigenvalue weighted by Crippen LogP contribution is 2.45. The number of nitrogens with one attached hydrogen (secondary N) is 1. The van der Waals surface area contributed by atoms with Gasteiger partial charge in [-0.2, -0.15) is 0 Å². The zero-order valence-corrected chi connectivity index (χ0v) is 7.03. The lowest BCUT2D eigenvalue weighted by molar-refractivity contribution is -0.118. The summed E-state index contributed by atoms with van der Waals surface area (Å²) >= 11 is 0. The molecule has 3 N–H and O–H groups in total. The van der Waals surface area contributed by atoms with E-state index in [1.807, 2.05) is 0 Å². The lowest BCUT2D eigenvalue weighted by atomic mass is 10.7. The summed E-state index contributed by atoms with van der Waals surface area (Å²) in [5, 5.41) is 0. The van der Waals surface area contributed by atoms with Crippen molar-refractivity contribution in [3.8, 4) is 0 Å². The van der Waals surface area contributed by atoms with Crippen molar-refractivity contribution < 1.29 is 4.79 Å². The molecule has 0 aromatic heterocycles. The molecular weight excluding hydrogens is 135 g/mol. The molecule has 9 heavy (non-hydrogen) atoms. The Bertz CT molecular complexity index is 108. The number of carbonyl (C=O) groups is 1. The van der Waals surface area contributed by atoms with Crippen LogP contribution < -0.4 is 11.3 Å². The fourth-order valence-corrected chi connectivity index (χ4v) is 1.43. The maximum Gasteiger partial charge on any atom is 0.271 e. The molecule has 54 valence electrons. The average Bonchev–Trinajstić information content (AvgIpc) is 1.62. The van der Waals surface area contributed by atoms with E-state index in [0.29, 0.717) is 6.16 Å². The zero-order valence-electron chi connectivity index (χ0n) is 6.14. The second kappa shape index (κ2) is 3.14. The summed E-state index contributed by atoms with van der Waals surface area (Å²) in [5.74, 6) is 4.84. The highest BCUT2D eigenvalue weighted by Gasteiger charge is 2.20. The van der Waals surface area contributed by atoms with E-state index in [1.165, 1.54) is 0 Å². The first kappa shape index (κ1) is 8.86. The van der Waals surface area contributed by atoms with Crippen LogP contribution in [0, 0.1) is 0 Å². The molecule has 4 heteroatoms. The van der Waals surface area contributed by atoms with E-state index in [0.717, 1.165) is 0 Å². The van der Waals surface area contributed by atoms with E-state index in [2.05, 4.69) is 25.4 Å². The summed E-state index contributed by atoms with van der Waals surface area (Å²) in [5.41, 5.74) is 2.11. The number of hydrogen-bond acceptors (Lipinski definition) is 2. The van der Waals surface area contributed by atoms with Gasteiger partial charge < -0.3 is 0 Å². The molecule has 0 aliphatic heterocycles. The van der Waals surface area contributed by atoms with Gasteiger partial charge >= 0.3 is 0 Å². The molecule has 0 saturated heterocycles. The minimum atomic E-state index is -0.980. The molecule has 1 amide bonds. The van der Waals surface area contributed by atoms with Gasteiger partial charge in [-0.1, -0.05) is 0 Å². The van der Waals surface area contributed by atoms with Crippen molar-refractivity contribution in [1.29, 1.82) is 0 Å². The normalized spacial score (nSPS) is 11.1. The molecule has 0 saturated carbocycles. The van der Waals surface area contributed by atoms with Crippen molar-refractivity contribution in [3.05, 3.63) is 0 Å². The molecule has 0 aromatic rings. The SMILES string of the molecule is C[P+](C)(C)CC(=O)NN. The second-order valence-electron chi connectivity index (χ2n) is 3.02. The topological polar surface area (TPSA) is 55.1 Å². The molecule has 0 aromatic carbocycles. The highest BCUT2D eigenvalue weighted by molar-refractivity contribution is 7.74. The third-order valence-electron chi connectivity index (χ3n) is 0.779. The van der Waals surface area contributed by atoms with Crippen molar-refractivity contribution in [2.24, 2.45) is 5.84 Å². The highest BCUT2D eigenvalue weighted by atomic mass is 31.2. The van der Waals surface area contributed by atoms with Gasteiger partial charge in [0.1, 0.15) is 6.16 Å². The van der Waals surface area contributed by atoms with E-state index < -0.39 is 7.26 Å². The molecule has 0 aliphatic carbocycles. The van der Waals surface area contributed by atoms with Gasteiger partial charge in [-0.15, -0.1) is 0 Å². The average molecular weight is 149 g/mol. The smallest absolute Gasteiger partial charge is 0.271 e. The van der Waals surface area contributed by atoms with Crippen LogP contribution in [0.2, 0.25) is 0 Å². The van der Waals surface area contributed by atoms with Crippen LogP contribution in [0.5, 0.6) is 0 Å². The van der Waals surface area contributed by atoms with Crippen LogP contribution in [0.15, 0.2) is 0 Å². The van der Waals surface area contributed by atoms with Crippen LogP contribution in [0.4, 0.5) is 0 Å². The molecule has 0 fully saturated rings. The number of hydrazine groups is 1. The lowest BCUT2D eigenvalue weighted by Crippen LogP contribution is -2.32. The van der Waals surface area contributed by atoms with E-state index in [9.17, 15) is 4.79 Å². The predicted molar refractivity (Wildman–Crippen MR) is 41.9 cm³/mol. The van der Waals surface area contributed by atoms with E-state index >= 15 is 0 Å². The maximum absolute atomic E-state index is 10.6. The Morgan fingerprint density at radius 3 is 2.11 bits per heavy atom. The van der Waals surface area contributed by atoms with Crippen LogP contribution in [-0.2, 0) is 4.79 Å². The quantitative estimate of drug-likeness (QED) is 0.249. The number of amides is 1. The lowest BCUT2D eigenvalue weighted by Gasteiger charge is -2.08. The van der Waals surface area contributed by atoms with Gasteiger partial charge in [0.15, 0.2) is 0 Å². The van der Waals surface area contributed by atoms with Gasteiger partial charge in [-0.25, -0.2) is 5.84 Å². The van der Waals surface area contributed by atoms with Crippen molar-refractivity contribution in [1.82, 2.24) is 5.43 Å². The van der Waals surface area contributed by atoms with E-state index in [1.54, 1.807) is 0 Å². The van der Waals surface area contributed by atoms with Crippen molar-refractivity contribution >= 4 is 13.2 Å². The zero-order chi connectivity index (χ0) is 7.49. The summed E-state index contributed by atoms with van der Waals surface area (Å²) in [6.07, 6.45) is 0.587. The summed E-state index contributed by atoms with van der Waals surface area (Å²) in [6, 6.07) is 0. The molecule has 3 nitrogen and oxygen atoms in total. The first-order chi connectivity index (χ1) is 3.95. The largest absolute Gasteiger partial charge is 0.291 e. The van der Waals surface area contributed by atoms with Gasteiger partial charge in [0.25, 0.3) is 5.91 Å². The predicted octanol–water partition coefficient (Wildman–Crippen LogP) is -0.117. The Morgan fingerprint density at radius 1 is 1.56 bits per heavy atom. The van der Waals surface area contributed by atoms with Crippen molar-refractivity contribution in [3.63, 3.8) is 0 Å². The molecule has 0 spiro atoms. The third kappa shape index (κ3) is 5.74. The molecule has 0 unspecified atom stereocenters. The number of nitrogens with two attached hydrogens (primary N) is 1. The summed E-state index contributed by atoms with van der Waals surface area (Å²) < 4.78 is 0. The van der Waals surface area contributed by atoms with Crippen LogP contribution in [-0.4, -0.2) is 32.1 Å². The monoisotopic (exact) mass is 149 g/mol. The van der Waals surface area contributed by atoms with Gasteiger partial charge in [-0.05, 0) is 0 Å². The first-order valence-electron chi connectivity index (χ1n) is 2.75. The minimum absolute atomic E-state index is 0.0594. The number of rotatable bonds is 2. The molecular formula is C5H14N2OP+. The van der Waals surface area contributed by atoms with Gasteiger partial charge in [0.2, 0.25) is 0 Å². The molecule has 0 bridgehead atoms. The molecule has 0 heterocycles. The van der Waals surface area contributed by atoms with Crippen LogP contribution in [0.3, 0.4) is 0 Å². The van der Waals surface area contributed by atoms with Crippen molar-refractivity contribution in [2.45, 2.75) is 0 Å². The molecule has 0 radical (unpaired) electrons. The van der Waals surface area contributed by atoms with E-state index in [4.69, 9.17) is 5.84 Å². The Hall–Kier alpha value is -0.140.